The highest BCUT2D eigenvalue weighted by molar-refractivity contribution is 5.86. The van der Waals surface area contributed by atoms with Gasteiger partial charge in [-0.2, -0.15) is 0 Å². The monoisotopic (exact) mass is 198 g/mol. The first-order valence-electron chi connectivity index (χ1n) is 4.85. The molecule has 0 fully saturated rings. The van der Waals surface area contributed by atoms with Crippen LogP contribution in [0.5, 0.6) is 5.75 Å². The van der Waals surface area contributed by atoms with Gasteiger partial charge in [0.05, 0.1) is 0 Å². The maximum atomic E-state index is 5.65. The van der Waals surface area contributed by atoms with Crippen LogP contribution in [0.4, 0.5) is 0 Å². The molecule has 1 aromatic carbocycles. The van der Waals surface area contributed by atoms with E-state index in [0.29, 0.717) is 5.88 Å². The van der Waals surface area contributed by atoms with Crippen molar-refractivity contribution in [1.82, 2.24) is 4.98 Å². The van der Waals surface area contributed by atoms with Crippen molar-refractivity contribution in [3.63, 3.8) is 0 Å². The van der Waals surface area contributed by atoms with Gasteiger partial charge in [-0.3, -0.25) is 4.98 Å². The van der Waals surface area contributed by atoms with Gasteiger partial charge < -0.3 is 10.5 Å². The molecule has 2 aromatic rings. The van der Waals surface area contributed by atoms with E-state index in [1.54, 1.807) is 6.20 Å². The predicted octanol–water partition coefficient (Wildman–Crippen LogP) is 1.97. The van der Waals surface area contributed by atoms with E-state index in [-0.39, 0.29) is 0 Å². The molecule has 1 aliphatic rings. The average Bonchev–Trinajstić information content (AvgIpc) is 2.29. The zero-order valence-corrected chi connectivity index (χ0v) is 8.10. The highest BCUT2D eigenvalue weighted by atomic mass is 16.5. The number of rotatable bonds is 0. The molecule has 1 aliphatic heterocycles. The summed E-state index contributed by atoms with van der Waals surface area (Å²) in [6, 6.07) is 8.04. The van der Waals surface area contributed by atoms with Gasteiger partial charge in [0.25, 0.3) is 0 Å². The summed E-state index contributed by atoms with van der Waals surface area (Å²) in [4.78, 5) is 4.32. The van der Waals surface area contributed by atoms with Gasteiger partial charge in [-0.15, -0.1) is 0 Å². The lowest BCUT2D eigenvalue weighted by atomic mass is 10.1. The molecule has 3 nitrogen and oxygen atoms in total. The molecule has 1 aromatic heterocycles. The van der Waals surface area contributed by atoms with E-state index >= 15 is 0 Å². The van der Waals surface area contributed by atoms with Crippen LogP contribution in [0, 0.1) is 0 Å². The van der Waals surface area contributed by atoms with Crippen molar-refractivity contribution < 1.29 is 4.74 Å². The Morgan fingerprint density at radius 1 is 1.27 bits per heavy atom. The standard InChI is InChI=1S/C12H10N2O/c13-10-6-5-9-4-3-8-2-1-7-14-11(8)12(9)15-10/h1-4,6-7H,5,13H2. The second-order valence-electron chi connectivity index (χ2n) is 3.54. The lowest BCUT2D eigenvalue weighted by molar-refractivity contribution is 0.408. The Hall–Kier alpha value is -2.03. The Kier molecular flexibility index (Phi) is 1.65. The van der Waals surface area contributed by atoms with Gasteiger partial charge in [0, 0.05) is 17.1 Å². The second-order valence-corrected chi connectivity index (χ2v) is 3.54. The number of benzene rings is 1. The Morgan fingerprint density at radius 2 is 2.20 bits per heavy atom. The summed E-state index contributed by atoms with van der Waals surface area (Å²) in [5, 5.41) is 1.07. The molecule has 2 N–H and O–H groups in total. The fourth-order valence-electron chi connectivity index (χ4n) is 1.80. The van der Waals surface area contributed by atoms with Crippen molar-refractivity contribution in [2.24, 2.45) is 5.73 Å². The van der Waals surface area contributed by atoms with Crippen LogP contribution in [-0.2, 0) is 6.42 Å². The number of nitrogens with two attached hydrogens (primary N) is 1. The molecule has 0 atom stereocenters. The maximum Gasteiger partial charge on any atom is 0.187 e. The minimum absolute atomic E-state index is 0.459. The molecule has 3 rings (SSSR count). The minimum Gasteiger partial charge on any atom is -0.439 e. The Balaban J connectivity index is 2.31. The van der Waals surface area contributed by atoms with E-state index in [1.807, 2.05) is 18.2 Å². The summed E-state index contributed by atoms with van der Waals surface area (Å²) < 4.78 is 5.52. The summed E-state index contributed by atoms with van der Waals surface area (Å²) in [6.07, 6.45) is 4.45. The number of hydrogen-bond acceptors (Lipinski definition) is 3. The molecule has 0 unspecified atom stereocenters. The third kappa shape index (κ3) is 1.24. The van der Waals surface area contributed by atoms with Gasteiger partial charge >= 0.3 is 0 Å². The van der Waals surface area contributed by atoms with Crippen molar-refractivity contribution in [1.29, 1.82) is 0 Å². The average molecular weight is 198 g/mol. The van der Waals surface area contributed by atoms with Crippen molar-refractivity contribution in [2.75, 3.05) is 0 Å². The molecule has 74 valence electrons. The number of ether oxygens (including phenoxy) is 1. The highest BCUT2D eigenvalue weighted by Crippen LogP contribution is 2.31. The molecular weight excluding hydrogens is 188 g/mol. The van der Waals surface area contributed by atoms with E-state index in [9.17, 15) is 0 Å². The zero-order chi connectivity index (χ0) is 10.3. The molecule has 2 heterocycles. The van der Waals surface area contributed by atoms with E-state index in [1.165, 1.54) is 0 Å². The largest absolute Gasteiger partial charge is 0.439 e. The first kappa shape index (κ1) is 8.29. The zero-order valence-electron chi connectivity index (χ0n) is 8.10. The van der Waals surface area contributed by atoms with Gasteiger partial charge in [0.1, 0.15) is 5.52 Å². The van der Waals surface area contributed by atoms with E-state index in [2.05, 4.69) is 17.1 Å². The van der Waals surface area contributed by atoms with Crippen molar-refractivity contribution >= 4 is 10.9 Å². The summed E-state index contributed by atoms with van der Waals surface area (Å²) >= 11 is 0. The van der Waals surface area contributed by atoms with Crippen LogP contribution in [0.1, 0.15) is 5.56 Å². The first-order chi connectivity index (χ1) is 7.34. The molecule has 0 amide bonds. The summed E-state index contributed by atoms with van der Waals surface area (Å²) in [5.41, 5.74) is 7.67. The fourth-order valence-corrected chi connectivity index (χ4v) is 1.80. The Labute approximate surface area is 87.2 Å². The van der Waals surface area contributed by atoms with E-state index in [0.717, 1.165) is 28.6 Å². The number of fused-ring (bicyclic) bond motifs is 3. The van der Waals surface area contributed by atoms with E-state index < -0.39 is 0 Å². The van der Waals surface area contributed by atoms with Gasteiger partial charge in [0.15, 0.2) is 11.6 Å². The van der Waals surface area contributed by atoms with Crippen LogP contribution in [0.25, 0.3) is 10.9 Å². The lowest BCUT2D eigenvalue weighted by Crippen LogP contribution is -2.12. The van der Waals surface area contributed by atoms with Crippen molar-refractivity contribution in [3.05, 3.63) is 48.0 Å². The number of pyridine rings is 1. The molecule has 0 bridgehead atoms. The van der Waals surface area contributed by atoms with E-state index in [4.69, 9.17) is 10.5 Å². The lowest BCUT2D eigenvalue weighted by Gasteiger charge is -2.16. The van der Waals surface area contributed by atoms with Gasteiger partial charge in [0.2, 0.25) is 0 Å². The van der Waals surface area contributed by atoms with Crippen LogP contribution < -0.4 is 10.5 Å². The number of aromatic nitrogens is 1. The summed E-state index contributed by atoms with van der Waals surface area (Å²) in [6.45, 7) is 0. The normalized spacial score (nSPS) is 14.3. The molecular formula is C12H10N2O. The van der Waals surface area contributed by atoms with Gasteiger partial charge in [-0.1, -0.05) is 18.2 Å². The van der Waals surface area contributed by atoms with Gasteiger partial charge in [-0.25, -0.2) is 0 Å². The topological polar surface area (TPSA) is 48.1 Å². The first-order valence-corrected chi connectivity index (χ1v) is 4.85. The molecule has 0 radical (unpaired) electrons. The molecule has 0 spiro atoms. The fraction of sp³-hybridized carbons (Fsp3) is 0.0833. The van der Waals surface area contributed by atoms with Crippen LogP contribution in [-0.4, -0.2) is 4.98 Å². The smallest absolute Gasteiger partial charge is 0.187 e. The van der Waals surface area contributed by atoms with Crippen molar-refractivity contribution in [3.8, 4) is 5.75 Å². The third-order valence-corrected chi connectivity index (χ3v) is 2.55. The SMILES string of the molecule is NC1=CCc2ccc3cccnc3c2O1. The highest BCUT2D eigenvalue weighted by Gasteiger charge is 2.14. The predicted molar refractivity (Wildman–Crippen MR) is 58.3 cm³/mol. The van der Waals surface area contributed by atoms with Gasteiger partial charge in [-0.05, 0) is 18.6 Å². The van der Waals surface area contributed by atoms with Crippen LogP contribution >= 0.6 is 0 Å². The quantitative estimate of drug-likeness (QED) is 0.704. The van der Waals surface area contributed by atoms with Crippen LogP contribution in [0.2, 0.25) is 0 Å². The number of nitrogens with zero attached hydrogens (tertiary/aromatic N) is 1. The number of allylic oxidation sites excluding steroid dienone is 1. The minimum atomic E-state index is 0.459. The van der Waals surface area contributed by atoms with Crippen LogP contribution in [0.3, 0.4) is 0 Å². The number of hydrogen-bond donors (Lipinski definition) is 1. The molecule has 0 aliphatic carbocycles. The second kappa shape index (κ2) is 2.98. The Morgan fingerprint density at radius 3 is 3.13 bits per heavy atom. The third-order valence-electron chi connectivity index (χ3n) is 2.55. The summed E-state index contributed by atoms with van der Waals surface area (Å²) in [5.74, 6) is 1.26. The molecule has 0 saturated carbocycles. The maximum absolute atomic E-state index is 5.65. The summed E-state index contributed by atoms with van der Waals surface area (Å²) in [7, 11) is 0. The Bertz CT molecular complexity index is 561. The molecule has 15 heavy (non-hydrogen) atoms. The molecule has 3 heteroatoms. The van der Waals surface area contributed by atoms with Crippen molar-refractivity contribution in [2.45, 2.75) is 6.42 Å². The van der Waals surface area contributed by atoms with Crippen LogP contribution in [0.15, 0.2) is 42.4 Å². The molecule has 0 saturated heterocycles.